The van der Waals surface area contributed by atoms with E-state index in [1.54, 1.807) is 6.07 Å². The lowest BCUT2D eigenvalue weighted by atomic mass is 9.68. The number of methoxy groups -OCH3 is 1. The van der Waals surface area contributed by atoms with Gasteiger partial charge >= 0.3 is 0 Å². The number of amides is 1. The van der Waals surface area contributed by atoms with E-state index in [-0.39, 0.29) is 23.8 Å². The molecule has 4 unspecified atom stereocenters. The molecule has 0 radical (unpaired) electrons. The summed E-state index contributed by atoms with van der Waals surface area (Å²) in [7, 11) is 1.45. The van der Waals surface area contributed by atoms with Gasteiger partial charge in [-0.2, -0.15) is 0 Å². The molecule has 1 saturated carbocycles. The highest BCUT2D eigenvalue weighted by Gasteiger charge is 2.51. The minimum absolute atomic E-state index is 0.0118. The predicted molar refractivity (Wildman–Crippen MR) is 74.6 cm³/mol. The number of halogens is 1. The fourth-order valence-corrected chi connectivity index (χ4v) is 3.16. The Balaban J connectivity index is 1.69. The first kappa shape index (κ1) is 14.3. The molecule has 21 heavy (non-hydrogen) atoms. The van der Waals surface area contributed by atoms with Gasteiger partial charge in [-0.3, -0.25) is 4.79 Å². The summed E-state index contributed by atoms with van der Waals surface area (Å²) < 4.78 is 24.5. The van der Waals surface area contributed by atoms with Crippen LogP contribution < -0.4 is 15.8 Å². The highest BCUT2D eigenvalue weighted by atomic mass is 19.1. The number of carbonyl (C=O) groups is 1. The number of carbonyl (C=O) groups excluding carboxylic acids is 1. The molecule has 0 spiro atoms. The standard InChI is InChI=1S/C15H19FN2O3/c1-20-8-4-5-9(11(16)7-8)15(19)18-13-12(17)10-3-2-6-21-14(10)13/h4-5,7,10,12-14H,2-3,6,17H2,1H3,(H,18,19). The average Bonchev–Trinajstić information content (AvgIpc) is 2.51. The van der Waals surface area contributed by atoms with Crippen molar-refractivity contribution in [1.29, 1.82) is 0 Å². The Morgan fingerprint density at radius 2 is 2.33 bits per heavy atom. The van der Waals surface area contributed by atoms with Crippen LogP contribution in [0, 0.1) is 11.7 Å². The van der Waals surface area contributed by atoms with E-state index >= 15 is 0 Å². The SMILES string of the molecule is COc1ccc(C(=O)NC2C(N)C3CCCOC32)c(F)c1. The maximum Gasteiger partial charge on any atom is 0.254 e. The van der Waals surface area contributed by atoms with E-state index in [4.69, 9.17) is 15.2 Å². The summed E-state index contributed by atoms with van der Waals surface area (Å²) >= 11 is 0. The van der Waals surface area contributed by atoms with E-state index in [0.29, 0.717) is 18.3 Å². The van der Waals surface area contributed by atoms with Crippen LogP contribution in [0.3, 0.4) is 0 Å². The number of ether oxygens (including phenoxy) is 2. The van der Waals surface area contributed by atoms with Crippen LogP contribution in [-0.4, -0.2) is 37.8 Å². The molecule has 4 atom stereocenters. The number of nitrogens with one attached hydrogen (secondary N) is 1. The van der Waals surface area contributed by atoms with Crippen molar-refractivity contribution in [3.8, 4) is 5.75 Å². The minimum atomic E-state index is -0.610. The first-order chi connectivity index (χ1) is 10.1. The molecular formula is C15H19FN2O3. The summed E-state index contributed by atoms with van der Waals surface area (Å²) in [5.41, 5.74) is 6.07. The fourth-order valence-electron chi connectivity index (χ4n) is 3.16. The number of nitrogens with two attached hydrogens (primary N) is 1. The lowest BCUT2D eigenvalue weighted by Gasteiger charge is -2.52. The highest BCUT2D eigenvalue weighted by Crippen LogP contribution is 2.37. The number of rotatable bonds is 3. The molecule has 3 N–H and O–H groups in total. The Morgan fingerprint density at radius 1 is 1.52 bits per heavy atom. The number of benzene rings is 1. The fraction of sp³-hybridized carbons (Fsp3) is 0.533. The van der Waals surface area contributed by atoms with Crippen molar-refractivity contribution in [1.82, 2.24) is 5.32 Å². The molecule has 5 nitrogen and oxygen atoms in total. The molecule has 1 amide bonds. The second kappa shape index (κ2) is 5.61. The van der Waals surface area contributed by atoms with Crippen LogP contribution in [-0.2, 0) is 4.74 Å². The first-order valence-corrected chi connectivity index (χ1v) is 7.13. The van der Waals surface area contributed by atoms with E-state index in [1.165, 1.54) is 19.2 Å². The van der Waals surface area contributed by atoms with Crippen LogP contribution in [0.15, 0.2) is 18.2 Å². The van der Waals surface area contributed by atoms with Gasteiger partial charge in [0.25, 0.3) is 5.91 Å². The van der Waals surface area contributed by atoms with Crippen LogP contribution in [0.25, 0.3) is 0 Å². The largest absolute Gasteiger partial charge is 0.497 e. The summed E-state index contributed by atoms with van der Waals surface area (Å²) in [6, 6.07) is 3.78. The lowest BCUT2D eigenvalue weighted by molar-refractivity contribution is -0.117. The third-order valence-electron chi connectivity index (χ3n) is 4.40. The number of hydrogen-bond donors (Lipinski definition) is 2. The quantitative estimate of drug-likeness (QED) is 0.874. The van der Waals surface area contributed by atoms with Crippen molar-refractivity contribution in [2.24, 2.45) is 11.7 Å². The van der Waals surface area contributed by atoms with Gasteiger partial charge in [-0.1, -0.05) is 0 Å². The Kier molecular flexibility index (Phi) is 3.82. The van der Waals surface area contributed by atoms with Gasteiger partial charge < -0.3 is 20.5 Å². The molecule has 0 bridgehead atoms. The maximum absolute atomic E-state index is 13.9. The molecule has 1 heterocycles. The van der Waals surface area contributed by atoms with Crippen LogP contribution >= 0.6 is 0 Å². The van der Waals surface area contributed by atoms with Crippen molar-refractivity contribution >= 4 is 5.91 Å². The van der Waals surface area contributed by atoms with Crippen LogP contribution in [0.4, 0.5) is 4.39 Å². The van der Waals surface area contributed by atoms with Crippen molar-refractivity contribution in [3.63, 3.8) is 0 Å². The normalized spacial score (nSPS) is 31.0. The Labute approximate surface area is 122 Å². The topological polar surface area (TPSA) is 73.6 Å². The highest BCUT2D eigenvalue weighted by molar-refractivity contribution is 5.95. The summed E-state index contributed by atoms with van der Waals surface area (Å²) in [5, 5.41) is 2.79. The van der Waals surface area contributed by atoms with Crippen LogP contribution in [0.5, 0.6) is 5.75 Å². The van der Waals surface area contributed by atoms with Gasteiger partial charge in [0.2, 0.25) is 0 Å². The van der Waals surface area contributed by atoms with E-state index in [1.807, 2.05) is 0 Å². The monoisotopic (exact) mass is 294 g/mol. The van der Waals surface area contributed by atoms with Gasteiger partial charge in [0, 0.05) is 24.6 Å². The van der Waals surface area contributed by atoms with Crippen LogP contribution in [0.2, 0.25) is 0 Å². The van der Waals surface area contributed by atoms with Crippen molar-refractivity contribution in [3.05, 3.63) is 29.6 Å². The van der Waals surface area contributed by atoms with E-state index in [9.17, 15) is 9.18 Å². The smallest absolute Gasteiger partial charge is 0.254 e. The van der Waals surface area contributed by atoms with E-state index < -0.39 is 11.7 Å². The molecule has 114 valence electrons. The van der Waals surface area contributed by atoms with Gasteiger partial charge in [-0.25, -0.2) is 4.39 Å². The zero-order chi connectivity index (χ0) is 15.0. The molecule has 1 aliphatic heterocycles. The number of hydrogen-bond acceptors (Lipinski definition) is 4. The molecule has 1 aromatic rings. The third kappa shape index (κ3) is 2.49. The molecule has 2 aliphatic rings. The van der Waals surface area contributed by atoms with Gasteiger partial charge in [-0.15, -0.1) is 0 Å². The number of fused-ring (bicyclic) bond motifs is 1. The van der Waals surface area contributed by atoms with Gasteiger partial charge in [-0.05, 0) is 25.0 Å². The van der Waals surface area contributed by atoms with Gasteiger partial charge in [0.1, 0.15) is 11.6 Å². The average molecular weight is 294 g/mol. The molecule has 1 aliphatic carbocycles. The lowest BCUT2D eigenvalue weighted by Crippen LogP contribution is -2.72. The van der Waals surface area contributed by atoms with Gasteiger partial charge in [0.05, 0.1) is 24.8 Å². The third-order valence-corrected chi connectivity index (χ3v) is 4.40. The van der Waals surface area contributed by atoms with Gasteiger partial charge in [0.15, 0.2) is 0 Å². The summed E-state index contributed by atoms with van der Waals surface area (Å²) in [6.45, 7) is 0.692. The van der Waals surface area contributed by atoms with Crippen LogP contribution in [0.1, 0.15) is 23.2 Å². The van der Waals surface area contributed by atoms with Crippen molar-refractivity contribution < 1.29 is 18.7 Å². The van der Waals surface area contributed by atoms with Crippen molar-refractivity contribution in [2.45, 2.75) is 31.0 Å². The zero-order valence-corrected chi connectivity index (χ0v) is 11.8. The molecule has 2 fully saturated rings. The summed E-state index contributed by atoms with van der Waals surface area (Å²) in [4.78, 5) is 12.2. The zero-order valence-electron chi connectivity index (χ0n) is 11.8. The molecular weight excluding hydrogens is 275 g/mol. The maximum atomic E-state index is 13.9. The molecule has 0 aromatic heterocycles. The Bertz CT molecular complexity index is 552. The van der Waals surface area contributed by atoms with E-state index in [0.717, 1.165) is 12.8 Å². The van der Waals surface area contributed by atoms with Crippen molar-refractivity contribution in [2.75, 3.05) is 13.7 Å². The molecule has 3 rings (SSSR count). The molecule has 1 saturated heterocycles. The Hall–Kier alpha value is -1.66. The summed E-state index contributed by atoms with van der Waals surface area (Å²) in [6.07, 6.45) is 1.98. The predicted octanol–water partition coefficient (Wildman–Crippen LogP) is 1.07. The summed E-state index contributed by atoms with van der Waals surface area (Å²) in [5.74, 6) is -0.408. The second-order valence-corrected chi connectivity index (χ2v) is 5.56. The first-order valence-electron chi connectivity index (χ1n) is 7.13. The molecule has 6 heteroatoms. The minimum Gasteiger partial charge on any atom is -0.497 e. The molecule has 1 aromatic carbocycles. The van der Waals surface area contributed by atoms with E-state index in [2.05, 4.69) is 5.32 Å². The second-order valence-electron chi connectivity index (χ2n) is 5.56. The Morgan fingerprint density at radius 3 is 3.05 bits per heavy atom.